The van der Waals surface area contributed by atoms with Crippen molar-refractivity contribution in [2.45, 2.75) is 18.4 Å². The molecule has 2 heterocycles. The van der Waals surface area contributed by atoms with Gasteiger partial charge in [0.2, 0.25) is 0 Å². The molecular formula is C11H14Cl2N2O. The maximum atomic E-state index is 6.06. The highest BCUT2D eigenvalue weighted by molar-refractivity contribution is 6.32. The fourth-order valence-electron chi connectivity index (χ4n) is 1.78. The minimum Gasteiger partial charge on any atom is -0.381 e. The zero-order chi connectivity index (χ0) is 11.4. The fourth-order valence-corrected chi connectivity index (χ4v) is 2.29. The van der Waals surface area contributed by atoms with Gasteiger partial charge >= 0.3 is 0 Å². The summed E-state index contributed by atoms with van der Waals surface area (Å²) in [5.74, 6) is 1.23. The average molecular weight is 261 g/mol. The smallest absolute Gasteiger partial charge is 0.145 e. The Balaban J connectivity index is 2.15. The third-order valence-corrected chi connectivity index (χ3v) is 3.66. The van der Waals surface area contributed by atoms with Gasteiger partial charge in [-0.1, -0.05) is 11.6 Å². The summed E-state index contributed by atoms with van der Waals surface area (Å²) in [5.41, 5.74) is -0.141. The molecule has 1 fully saturated rings. The topological polar surface area (TPSA) is 34.2 Å². The van der Waals surface area contributed by atoms with Crippen LogP contribution in [-0.2, 0) is 4.74 Å². The van der Waals surface area contributed by atoms with Crippen LogP contribution in [-0.4, -0.2) is 29.6 Å². The number of halogens is 2. The number of nitrogens with zero attached hydrogens (tertiary/aromatic N) is 1. The van der Waals surface area contributed by atoms with Crippen LogP contribution in [0.3, 0.4) is 0 Å². The summed E-state index contributed by atoms with van der Waals surface area (Å²) in [6.07, 6.45) is 3.47. The van der Waals surface area contributed by atoms with Crippen LogP contribution in [0.1, 0.15) is 12.8 Å². The summed E-state index contributed by atoms with van der Waals surface area (Å²) >= 11 is 12.1. The molecule has 0 saturated carbocycles. The van der Waals surface area contributed by atoms with Crippen molar-refractivity contribution in [2.75, 3.05) is 24.4 Å². The summed E-state index contributed by atoms with van der Waals surface area (Å²) in [6.45, 7) is 1.45. The molecule has 3 nitrogen and oxygen atoms in total. The van der Waals surface area contributed by atoms with E-state index in [4.69, 9.17) is 27.9 Å². The van der Waals surface area contributed by atoms with Gasteiger partial charge in [-0.15, -0.1) is 11.6 Å². The van der Waals surface area contributed by atoms with Gasteiger partial charge in [0.05, 0.1) is 10.6 Å². The predicted molar refractivity (Wildman–Crippen MR) is 66.4 cm³/mol. The van der Waals surface area contributed by atoms with E-state index in [1.807, 2.05) is 12.1 Å². The van der Waals surface area contributed by atoms with Gasteiger partial charge in [0.15, 0.2) is 0 Å². The third-order valence-electron chi connectivity index (χ3n) is 2.85. The van der Waals surface area contributed by atoms with Gasteiger partial charge in [-0.25, -0.2) is 4.98 Å². The van der Waals surface area contributed by atoms with Crippen molar-refractivity contribution in [3.8, 4) is 0 Å². The molecule has 1 saturated heterocycles. The maximum absolute atomic E-state index is 6.06. The highest BCUT2D eigenvalue weighted by Crippen LogP contribution is 2.29. The Kier molecular flexibility index (Phi) is 3.90. The zero-order valence-electron chi connectivity index (χ0n) is 8.88. The van der Waals surface area contributed by atoms with Crippen LogP contribution < -0.4 is 5.32 Å². The largest absolute Gasteiger partial charge is 0.381 e. The van der Waals surface area contributed by atoms with Crippen LogP contribution in [0.5, 0.6) is 0 Å². The molecular weight excluding hydrogens is 247 g/mol. The number of ether oxygens (including phenoxy) is 1. The molecule has 16 heavy (non-hydrogen) atoms. The molecule has 0 radical (unpaired) electrons. The molecule has 1 aliphatic heterocycles. The van der Waals surface area contributed by atoms with E-state index in [-0.39, 0.29) is 5.54 Å². The first-order valence-electron chi connectivity index (χ1n) is 5.28. The lowest BCUT2D eigenvalue weighted by molar-refractivity contribution is 0.0667. The van der Waals surface area contributed by atoms with Crippen molar-refractivity contribution in [2.24, 2.45) is 0 Å². The summed E-state index contributed by atoms with van der Waals surface area (Å²) < 4.78 is 5.34. The van der Waals surface area contributed by atoms with Crippen LogP contribution in [0, 0.1) is 0 Å². The second kappa shape index (κ2) is 5.21. The van der Waals surface area contributed by atoms with Crippen LogP contribution in [0.4, 0.5) is 5.82 Å². The Morgan fingerprint density at radius 1 is 1.44 bits per heavy atom. The Labute approximate surface area is 105 Å². The van der Waals surface area contributed by atoms with Crippen molar-refractivity contribution >= 4 is 29.0 Å². The van der Waals surface area contributed by atoms with Gasteiger partial charge in [0, 0.05) is 25.3 Å². The van der Waals surface area contributed by atoms with E-state index in [1.165, 1.54) is 0 Å². The average Bonchev–Trinajstić information content (AvgIpc) is 2.33. The number of pyridine rings is 1. The molecule has 1 aliphatic rings. The van der Waals surface area contributed by atoms with Crippen molar-refractivity contribution in [3.63, 3.8) is 0 Å². The van der Waals surface area contributed by atoms with Gasteiger partial charge < -0.3 is 10.1 Å². The summed E-state index contributed by atoms with van der Waals surface area (Å²) in [7, 11) is 0. The highest BCUT2D eigenvalue weighted by Gasteiger charge is 2.32. The van der Waals surface area contributed by atoms with E-state index < -0.39 is 0 Å². The van der Waals surface area contributed by atoms with Gasteiger partial charge in [-0.05, 0) is 25.0 Å². The number of nitrogens with one attached hydrogen (secondary N) is 1. The normalized spacial score (nSPS) is 19.4. The summed E-state index contributed by atoms with van der Waals surface area (Å²) in [6, 6.07) is 3.63. The molecule has 5 heteroatoms. The van der Waals surface area contributed by atoms with E-state index in [1.54, 1.807) is 6.20 Å². The van der Waals surface area contributed by atoms with E-state index in [2.05, 4.69) is 10.3 Å². The quantitative estimate of drug-likeness (QED) is 0.849. The first kappa shape index (κ1) is 12.0. The van der Waals surface area contributed by atoms with E-state index in [9.17, 15) is 0 Å². The van der Waals surface area contributed by atoms with Crippen molar-refractivity contribution < 1.29 is 4.74 Å². The van der Waals surface area contributed by atoms with E-state index in [0.29, 0.717) is 16.7 Å². The lowest BCUT2D eigenvalue weighted by Gasteiger charge is -2.36. The number of alkyl halides is 1. The van der Waals surface area contributed by atoms with Crippen molar-refractivity contribution in [1.29, 1.82) is 0 Å². The van der Waals surface area contributed by atoms with Crippen molar-refractivity contribution in [3.05, 3.63) is 23.4 Å². The standard InChI is InChI=1S/C11H14Cl2N2O/c12-8-11(3-6-16-7-4-11)15-10-9(13)2-1-5-14-10/h1-2,5H,3-4,6-8H2,(H,14,15). The summed E-state index contributed by atoms with van der Waals surface area (Å²) in [5, 5.41) is 3.98. The van der Waals surface area contributed by atoms with Gasteiger partial charge in [0.1, 0.15) is 5.82 Å². The Bertz CT molecular complexity index is 354. The molecule has 0 aromatic carbocycles. The molecule has 0 aliphatic carbocycles. The zero-order valence-corrected chi connectivity index (χ0v) is 10.4. The maximum Gasteiger partial charge on any atom is 0.145 e. The summed E-state index contributed by atoms with van der Waals surface area (Å²) in [4.78, 5) is 4.22. The number of rotatable bonds is 3. The second-order valence-corrected chi connectivity index (χ2v) is 4.66. The molecule has 0 amide bonds. The number of aromatic nitrogens is 1. The second-order valence-electron chi connectivity index (χ2n) is 3.99. The van der Waals surface area contributed by atoms with E-state index >= 15 is 0 Å². The first-order valence-corrected chi connectivity index (χ1v) is 6.19. The first-order chi connectivity index (χ1) is 7.76. The Morgan fingerprint density at radius 3 is 2.81 bits per heavy atom. The van der Waals surface area contributed by atoms with Gasteiger partial charge in [-0.3, -0.25) is 0 Å². The molecule has 0 unspecified atom stereocenters. The minimum absolute atomic E-state index is 0.141. The van der Waals surface area contributed by atoms with Crippen LogP contribution in [0.2, 0.25) is 5.02 Å². The molecule has 2 rings (SSSR count). The number of anilines is 1. The van der Waals surface area contributed by atoms with Gasteiger partial charge in [0.25, 0.3) is 0 Å². The molecule has 0 bridgehead atoms. The monoisotopic (exact) mass is 260 g/mol. The highest BCUT2D eigenvalue weighted by atomic mass is 35.5. The fraction of sp³-hybridized carbons (Fsp3) is 0.545. The third kappa shape index (κ3) is 2.59. The van der Waals surface area contributed by atoms with Crippen LogP contribution in [0.15, 0.2) is 18.3 Å². The van der Waals surface area contributed by atoms with E-state index in [0.717, 1.165) is 26.1 Å². The molecule has 0 spiro atoms. The lowest BCUT2D eigenvalue weighted by atomic mass is 9.92. The molecule has 1 aromatic rings. The molecule has 0 atom stereocenters. The minimum atomic E-state index is -0.141. The van der Waals surface area contributed by atoms with Crippen LogP contribution >= 0.6 is 23.2 Å². The number of hydrogen-bond acceptors (Lipinski definition) is 3. The van der Waals surface area contributed by atoms with Gasteiger partial charge in [-0.2, -0.15) is 0 Å². The Hall–Kier alpha value is -0.510. The predicted octanol–water partition coefficient (Wildman–Crippen LogP) is 2.93. The van der Waals surface area contributed by atoms with Crippen molar-refractivity contribution in [1.82, 2.24) is 4.98 Å². The molecule has 1 N–H and O–H groups in total. The van der Waals surface area contributed by atoms with Crippen LogP contribution in [0.25, 0.3) is 0 Å². The molecule has 1 aromatic heterocycles. The SMILES string of the molecule is ClCC1(Nc2ncccc2Cl)CCOCC1. The molecule has 88 valence electrons. The lowest BCUT2D eigenvalue weighted by Crippen LogP contribution is -2.45. The number of hydrogen-bond donors (Lipinski definition) is 1. The Morgan fingerprint density at radius 2 is 2.19 bits per heavy atom.